The molecule has 0 aromatic carbocycles. The molecule has 1 rings (SSSR count). The number of hydrogen-bond acceptors (Lipinski definition) is 6. The fourth-order valence-electron chi connectivity index (χ4n) is 3.18. The highest BCUT2D eigenvalue weighted by molar-refractivity contribution is 8.77. The fraction of sp³-hybridized carbons (Fsp3) is 0.778. The number of unbranched alkanes of at least 4 members (excludes halogenated alkanes) is 1. The zero-order valence-electron chi connectivity index (χ0n) is 15.9. The molecule has 1 saturated heterocycles. The maximum atomic E-state index is 12.4. The van der Waals surface area contributed by atoms with Gasteiger partial charge in [0.1, 0.15) is 0 Å². The SMILES string of the molecule is O=C(O)CCC(CCC(=O)O)(CCC(=O)O)NC(=O)CCCCC1CCSS1. The van der Waals surface area contributed by atoms with Gasteiger partial charge in [0, 0.05) is 42.2 Å². The Balaban J connectivity index is 2.63. The molecule has 0 aromatic rings. The van der Waals surface area contributed by atoms with Crippen LogP contribution in [0.4, 0.5) is 0 Å². The number of carbonyl (C=O) groups excluding carboxylic acids is 1. The van der Waals surface area contributed by atoms with Gasteiger partial charge in [-0.15, -0.1) is 0 Å². The van der Waals surface area contributed by atoms with E-state index in [-0.39, 0.29) is 50.9 Å². The van der Waals surface area contributed by atoms with Crippen LogP contribution in [0.1, 0.15) is 70.6 Å². The first-order valence-electron chi connectivity index (χ1n) is 9.47. The van der Waals surface area contributed by atoms with Crippen LogP contribution in [0, 0.1) is 0 Å². The molecular formula is C18H29NO7S2. The predicted molar refractivity (Wildman–Crippen MR) is 108 cm³/mol. The highest BCUT2D eigenvalue weighted by atomic mass is 33.1. The summed E-state index contributed by atoms with van der Waals surface area (Å²) in [6.07, 6.45) is 3.32. The second kappa shape index (κ2) is 12.9. The number of nitrogens with one attached hydrogen (secondary N) is 1. The largest absolute Gasteiger partial charge is 0.481 e. The van der Waals surface area contributed by atoms with Gasteiger partial charge in [-0.1, -0.05) is 28.0 Å². The molecule has 10 heteroatoms. The molecule has 28 heavy (non-hydrogen) atoms. The Morgan fingerprint density at radius 1 is 0.857 bits per heavy atom. The van der Waals surface area contributed by atoms with Crippen molar-refractivity contribution in [3.8, 4) is 0 Å². The van der Waals surface area contributed by atoms with Crippen molar-refractivity contribution in [3.05, 3.63) is 0 Å². The minimum Gasteiger partial charge on any atom is -0.481 e. The summed E-state index contributed by atoms with van der Waals surface area (Å²) in [6, 6.07) is 0. The average molecular weight is 436 g/mol. The molecule has 1 amide bonds. The molecule has 8 nitrogen and oxygen atoms in total. The molecule has 1 unspecified atom stereocenters. The van der Waals surface area contributed by atoms with Crippen LogP contribution in [0.25, 0.3) is 0 Å². The van der Waals surface area contributed by atoms with E-state index >= 15 is 0 Å². The summed E-state index contributed by atoms with van der Waals surface area (Å²) >= 11 is 0. The number of aliphatic carboxylic acids is 3. The molecule has 4 N–H and O–H groups in total. The molecule has 0 spiro atoms. The third-order valence-electron chi connectivity index (χ3n) is 4.76. The second-order valence-electron chi connectivity index (χ2n) is 7.08. The van der Waals surface area contributed by atoms with Gasteiger partial charge in [-0.05, 0) is 38.5 Å². The minimum absolute atomic E-state index is 0.00453. The van der Waals surface area contributed by atoms with Gasteiger partial charge in [-0.2, -0.15) is 0 Å². The van der Waals surface area contributed by atoms with Crippen LogP contribution in [0.2, 0.25) is 0 Å². The van der Waals surface area contributed by atoms with E-state index < -0.39 is 23.4 Å². The molecule has 1 heterocycles. The van der Waals surface area contributed by atoms with Crippen molar-refractivity contribution in [1.29, 1.82) is 0 Å². The van der Waals surface area contributed by atoms with Crippen LogP contribution >= 0.6 is 21.6 Å². The first kappa shape index (κ1) is 24.6. The van der Waals surface area contributed by atoms with E-state index in [9.17, 15) is 19.2 Å². The summed E-state index contributed by atoms with van der Waals surface area (Å²) in [5, 5.41) is 30.4. The predicted octanol–water partition coefficient (Wildman–Crippen LogP) is 3.15. The zero-order valence-corrected chi connectivity index (χ0v) is 17.5. The maximum absolute atomic E-state index is 12.4. The molecular weight excluding hydrogens is 406 g/mol. The number of carbonyl (C=O) groups is 4. The average Bonchev–Trinajstić information content (AvgIpc) is 3.13. The lowest BCUT2D eigenvalue weighted by Gasteiger charge is -2.34. The highest BCUT2D eigenvalue weighted by Crippen LogP contribution is 2.39. The van der Waals surface area contributed by atoms with Crippen molar-refractivity contribution in [3.63, 3.8) is 0 Å². The Hall–Kier alpha value is -1.42. The fourth-order valence-corrected chi connectivity index (χ4v) is 6.21. The summed E-state index contributed by atoms with van der Waals surface area (Å²) < 4.78 is 0. The Morgan fingerprint density at radius 3 is 1.82 bits per heavy atom. The summed E-state index contributed by atoms with van der Waals surface area (Å²) in [4.78, 5) is 45.4. The molecule has 0 bridgehead atoms. The second-order valence-corrected chi connectivity index (χ2v) is 9.87. The number of amides is 1. The van der Waals surface area contributed by atoms with Gasteiger partial charge >= 0.3 is 17.9 Å². The van der Waals surface area contributed by atoms with Gasteiger partial charge in [0.2, 0.25) is 5.91 Å². The van der Waals surface area contributed by atoms with Crippen LogP contribution in [0.15, 0.2) is 0 Å². The van der Waals surface area contributed by atoms with E-state index in [1.54, 1.807) is 0 Å². The van der Waals surface area contributed by atoms with Gasteiger partial charge in [-0.25, -0.2) is 0 Å². The Bertz CT molecular complexity index is 505. The Kier molecular flexibility index (Phi) is 11.4. The summed E-state index contributed by atoms with van der Waals surface area (Å²) in [5.41, 5.74) is -1.13. The number of rotatable bonds is 15. The van der Waals surface area contributed by atoms with E-state index in [0.29, 0.717) is 11.7 Å². The lowest BCUT2D eigenvalue weighted by atomic mass is 9.83. The van der Waals surface area contributed by atoms with E-state index in [0.717, 1.165) is 18.6 Å². The van der Waals surface area contributed by atoms with Gasteiger partial charge < -0.3 is 20.6 Å². The molecule has 1 aliphatic rings. The van der Waals surface area contributed by atoms with E-state index in [2.05, 4.69) is 5.32 Å². The first-order valence-corrected chi connectivity index (χ1v) is 11.9. The normalized spacial score (nSPS) is 16.6. The van der Waals surface area contributed by atoms with E-state index in [4.69, 9.17) is 15.3 Å². The maximum Gasteiger partial charge on any atom is 0.303 e. The minimum atomic E-state index is -1.13. The van der Waals surface area contributed by atoms with Crippen LogP contribution < -0.4 is 5.32 Å². The molecule has 160 valence electrons. The van der Waals surface area contributed by atoms with Crippen molar-refractivity contribution < 1.29 is 34.5 Å². The third-order valence-corrected chi connectivity index (χ3v) is 7.77. The Morgan fingerprint density at radius 2 is 1.39 bits per heavy atom. The molecule has 1 atom stereocenters. The van der Waals surface area contributed by atoms with Gasteiger partial charge in [0.25, 0.3) is 0 Å². The molecule has 0 saturated carbocycles. The standard InChI is InChI=1S/C18H29NO7S2/c20-14(4-2-1-3-13-8-12-27-28-13)19-18(9-5-15(21)22,10-6-16(23)24)11-7-17(25)26/h13H,1-12H2,(H,19,20)(H,21,22)(H,23,24)(H,25,26). The third kappa shape index (κ3) is 10.8. The van der Waals surface area contributed by atoms with Crippen LogP contribution in [-0.4, -0.2) is 55.7 Å². The monoisotopic (exact) mass is 435 g/mol. The lowest BCUT2D eigenvalue weighted by molar-refractivity contribution is -0.139. The van der Waals surface area contributed by atoms with E-state index in [1.807, 2.05) is 21.6 Å². The van der Waals surface area contributed by atoms with Gasteiger partial charge in [-0.3, -0.25) is 19.2 Å². The molecule has 1 fully saturated rings. The van der Waals surface area contributed by atoms with Crippen molar-refractivity contribution >= 4 is 45.4 Å². The zero-order chi connectivity index (χ0) is 21.0. The smallest absolute Gasteiger partial charge is 0.303 e. The number of carboxylic acids is 3. The first-order chi connectivity index (χ1) is 13.2. The molecule has 0 aromatic heterocycles. The van der Waals surface area contributed by atoms with Crippen LogP contribution in [0.3, 0.4) is 0 Å². The van der Waals surface area contributed by atoms with Crippen molar-refractivity contribution in [2.75, 3.05) is 5.75 Å². The van der Waals surface area contributed by atoms with E-state index in [1.165, 1.54) is 6.42 Å². The van der Waals surface area contributed by atoms with Crippen molar-refractivity contribution in [1.82, 2.24) is 5.32 Å². The van der Waals surface area contributed by atoms with Crippen LogP contribution in [-0.2, 0) is 19.2 Å². The molecule has 0 radical (unpaired) electrons. The van der Waals surface area contributed by atoms with Crippen molar-refractivity contribution in [2.45, 2.75) is 81.4 Å². The molecule has 1 aliphatic heterocycles. The lowest BCUT2D eigenvalue weighted by Crippen LogP contribution is -2.49. The summed E-state index contributed by atoms with van der Waals surface area (Å²) in [5.74, 6) is -2.34. The highest BCUT2D eigenvalue weighted by Gasteiger charge is 2.33. The van der Waals surface area contributed by atoms with Gasteiger partial charge in [0.05, 0.1) is 0 Å². The van der Waals surface area contributed by atoms with Crippen LogP contribution in [0.5, 0.6) is 0 Å². The number of carboxylic acid groups (broad SMARTS) is 3. The number of hydrogen-bond donors (Lipinski definition) is 4. The molecule has 0 aliphatic carbocycles. The summed E-state index contributed by atoms with van der Waals surface area (Å²) in [6.45, 7) is 0. The topological polar surface area (TPSA) is 141 Å². The Labute approximate surface area is 172 Å². The van der Waals surface area contributed by atoms with Crippen molar-refractivity contribution in [2.24, 2.45) is 0 Å². The summed E-state index contributed by atoms with van der Waals surface area (Å²) in [7, 11) is 3.76. The van der Waals surface area contributed by atoms with Gasteiger partial charge in [0.15, 0.2) is 0 Å². The quantitative estimate of drug-likeness (QED) is 0.225.